The molecule has 1 saturated carbocycles. The van der Waals surface area contributed by atoms with E-state index in [1.54, 1.807) is 4.90 Å². The summed E-state index contributed by atoms with van der Waals surface area (Å²) in [6, 6.07) is 0. The van der Waals surface area contributed by atoms with Gasteiger partial charge in [-0.1, -0.05) is 12.8 Å². The van der Waals surface area contributed by atoms with Gasteiger partial charge >= 0.3 is 7.12 Å². The summed E-state index contributed by atoms with van der Waals surface area (Å²) < 4.78 is 0. The van der Waals surface area contributed by atoms with E-state index < -0.39 is 13.1 Å². The number of rotatable bonds is 5. The summed E-state index contributed by atoms with van der Waals surface area (Å²) in [5.74, 6) is 0.296. The maximum Gasteiger partial charge on any atom is 0.475 e. The number of hydrogen-bond donors (Lipinski definition) is 3. The van der Waals surface area contributed by atoms with Crippen molar-refractivity contribution in [1.29, 1.82) is 0 Å². The van der Waals surface area contributed by atoms with Crippen LogP contribution >= 0.6 is 0 Å². The van der Waals surface area contributed by atoms with Gasteiger partial charge in [0.05, 0.1) is 12.5 Å². The monoisotopic (exact) mass is 254 g/mol. The highest BCUT2D eigenvalue weighted by molar-refractivity contribution is 6.43. The molecule has 0 radical (unpaired) electrons. The third kappa shape index (κ3) is 3.46. The van der Waals surface area contributed by atoms with Gasteiger partial charge in [-0.2, -0.15) is 0 Å². The van der Waals surface area contributed by atoms with Crippen LogP contribution in [0.4, 0.5) is 0 Å². The summed E-state index contributed by atoms with van der Waals surface area (Å²) in [5, 5.41) is 21.6. The van der Waals surface area contributed by atoms with Crippen LogP contribution < -0.4 is 5.32 Å². The first-order valence-electron chi connectivity index (χ1n) is 7.05. The lowest BCUT2D eigenvalue weighted by Gasteiger charge is -2.24. The molecule has 102 valence electrons. The molecule has 1 aliphatic carbocycles. The molecule has 1 unspecified atom stereocenters. The normalized spacial score (nSPS) is 24.8. The van der Waals surface area contributed by atoms with E-state index in [9.17, 15) is 14.8 Å². The molecule has 2 rings (SSSR count). The van der Waals surface area contributed by atoms with Gasteiger partial charge in [0.2, 0.25) is 5.91 Å². The van der Waals surface area contributed by atoms with Gasteiger partial charge in [-0.15, -0.1) is 0 Å². The second kappa shape index (κ2) is 6.54. The Kier molecular flexibility index (Phi) is 5.03. The summed E-state index contributed by atoms with van der Waals surface area (Å²) in [6.07, 6.45) is 6.70. The van der Waals surface area contributed by atoms with Crippen LogP contribution in [0.15, 0.2) is 0 Å². The van der Waals surface area contributed by atoms with Gasteiger partial charge in [-0.25, -0.2) is 0 Å². The van der Waals surface area contributed by atoms with Crippen molar-refractivity contribution < 1.29 is 14.8 Å². The fourth-order valence-corrected chi connectivity index (χ4v) is 3.11. The Balaban J connectivity index is 1.70. The molecule has 1 saturated heterocycles. The molecule has 0 aromatic heterocycles. The van der Waals surface area contributed by atoms with Crippen LogP contribution in [-0.4, -0.2) is 53.5 Å². The van der Waals surface area contributed by atoms with E-state index in [2.05, 4.69) is 5.32 Å². The van der Waals surface area contributed by atoms with E-state index in [-0.39, 0.29) is 5.91 Å². The SMILES string of the molecule is O=C(CNCC1CCCC1)N1CCCC1B(O)O. The molecule has 6 heteroatoms. The first-order valence-corrected chi connectivity index (χ1v) is 7.05. The molecule has 2 fully saturated rings. The number of nitrogens with one attached hydrogen (secondary N) is 1. The van der Waals surface area contributed by atoms with E-state index in [0.717, 1.165) is 18.9 Å². The molecular formula is C12H23BN2O3. The second-order valence-electron chi connectivity index (χ2n) is 5.49. The largest absolute Gasteiger partial charge is 0.475 e. The smallest absolute Gasteiger partial charge is 0.426 e. The lowest BCUT2D eigenvalue weighted by atomic mass is 9.78. The van der Waals surface area contributed by atoms with Gasteiger partial charge in [-0.05, 0) is 38.1 Å². The maximum atomic E-state index is 12.0. The van der Waals surface area contributed by atoms with Crippen molar-refractivity contribution in [3.8, 4) is 0 Å². The van der Waals surface area contributed by atoms with Crippen LogP contribution in [0.25, 0.3) is 0 Å². The molecular weight excluding hydrogens is 231 g/mol. The number of hydrogen-bond acceptors (Lipinski definition) is 4. The third-order valence-electron chi connectivity index (χ3n) is 4.15. The van der Waals surface area contributed by atoms with E-state index in [0.29, 0.717) is 19.5 Å². The number of nitrogens with zero attached hydrogens (tertiary/aromatic N) is 1. The van der Waals surface area contributed by atoms with Crippen LogP contribution in [0.2, 0.25) is 0 Å². The molecule has 0 spiro atoms. The van der Waals surface area contributed by atoms with E-state index in [4.69, 9.17) is 0 Å². The Morgan fingerprint density at radius 3 is 2.61 bits per heavy atom. The molecule has 18 heavy (non-hydrogen) atoms. The highest BCUT2D eigenvalue weighted by Crippen LogP contribution is 2.23. The minimum absolute atomic E-state index is 0.0106. The van der Waals surface area contributed by atoms with Crippen LogP contribution in [0.1, 0.15) is 38.5 Å². The van der Waals surface area contributed by atoms with Gasteiger partial charge in [0, 0.05) is 6.54 Å². The highest BCUT2D eigenvalue weighted by Gasteiger charge is 2.36. The van der Waals surface area contributed by atoms with E-state index in [1.165, 1.54) is 25.7 Å². The molecule has 0 aromatic rings. The average molecular weight is 254 g/mol. The van der Waals surface area contributed by atoms with Crippen molar-refractivity contribution in [2.24, 2.45) is 5.92 Å². The second-order valence-corrected chi connectivity index (χ2v) is 5.49. The summed E-state index contributed by atoms with van der Waals surface area (Å²) in [5.41, 5.74) is 0. The Morgan fingerprint density at radius 2 is 1.94 bits per heavy atom. The Morgan fingerprint density at radius 1 is 1.22 bits per heavy atom. The molecule has 2 aliphatic rings. The Labute approximate surface area is 109 Å². The number of likely N-dealkylation sites (tertiary alicyclic amines) is 1. The predicted octanol–water partition coefficient (Wildman–Crippen LogP) is -0.231. The van der Waals surface area contributed by atoms with Crippen LogP contribution in [0, 0.1) is 5.92 Å². The number of carbonyl (C=O) groups excluding carboxylic acids is 1. The van der Waals surface area contributed by atoms with Crippen molar-refractivity contribution in [1.82, 2.24) is 10.2 Å². The van der Waals surface area contributed by atoms with Gasteiger partial charge < -0.3 is 20.3 Å². The zero-order valence-electron chi connectivity index (χ0n) is 10.8. The van der Waals surface area contributed by atoms with E-state index in [1.807, 2.05) is 0 Å². The predicted molar refractivity (Wildman–Crippen MR) is 69.8 cm³/mol. The van der Waals surface area contributed by atoms with Crippen molar-refractivity contribution in [3.05, 3.63) is 0 Å². The Bertz CT molecular complexity index is 282. The fraction of sp³-hybridized carbons (Fsp3) is 0.917. The van der Waals surface area contributed by atoms with Gasteiger partial charge in [-0.3, -0.25) is 4.79 Å². The molecule has 3 N–H and O–H groups in total. The molecule has 0 bridgehead atoms. The molecule has 0 aromatic carbocycles. The summed E-state index contributed by atoms with van der Waals surface area (Å²) >= 11 is 0. The third-order valence-corrected chi connectivity index (χ3v) is 4.15. The molecule has 1 amide bonds. The molecule has 5 nitrogen and oxygen atoms in total. The lowest BCUT2D eigenvalue weighted by molar-refractivity contribution is -0.130. The highest BCUT2D eigenvalue weighted by atomic mass is 16.4. The van der Waals surface area contributed by atoms with Gasteiger partial charge in [0.15, 0.2) is 0 Å². The van der Waals surface area contributed by atoms with Crippen LogP contribution in [-0.2, 0) is 4.79 Å². The van der Waals surface area contributed by atoms with Crippen molar-refractivity contribution in [2.75, 3.05) is 19.6 Å². The number of carbonyl (C=O) groups is 1. The van der Waals surface area contributed by atoms with Gasteiger partial charge in [0.25, 0.3) is 0 Å². The molecule has 1 aliphatic heterocycles. The van der Waals surface area contributed by atoms with E-state index >= 15 is 0 Å². The summed E-state index contributed by atoms with van der Waals surface area (Å²) in [4.78, 5) is 13.6. The standard InChI is InChI=1S/C12H23BN2O3/c16-12(9-14-8-10-4-1-2-5-10)15-7-3-6-11(15)13(17)18/h10-11,14,17-18H,1-9H2. The zero-order chi connectivity index (χ0) is 13.0. The number of amides is 1. The first kappa shape index (κ1) is 13.8. The topological polar surface area (TPSA) is 72.8 Å². The van der Waals surface area contributed by atoms with Crippen molar-refractivity contribution in [3.63, 3.8) is 0 Å². The summed E-state index contributed by atoms with van der Waals surface area (Å²) in [6.45, 7) is 1.87. The fourth-order valence-electron chi connectivity index (χ4n) is 3.11. The minimum atomic E-state index is -1.41. The lowest BCUT2D eigenvalue weighted by Crippen LogP contribution is -2.48. The molecule has 1 atom stereocenters. The van der Waals surface area contributed by atoms with Gasteiger partial charge in [0.1, 0.15) is 0 Å². The molecule has 1 heterocycles. The maximum absolute atomic E-state index is 12.0. The quantitative estimate of drug-likeness (QED) is 0.592. The van der Waals surface area contributed by atoms with Crippen LogP contribution in [0.3, 0.4) is 0 Å². The average Bonchev–Trinajstić information content (AvgIpc) is 2.99. The zero-order valence-corrected chi connectivity index (χ0v) is 10.8. The first-order chi connectivity index (χ1) is 8.68. The minimum Gasteiger partial charge on any atom is -0.426 e. The van der Waals surface area contributed by atoms with Crippen molar-refractivity contribution in [2.45, 2.75) is 44.5 Å². The Hall–Kier alpha value is -0.585. The van der Waals surface area contributed by atoms with Crippen molar-refractivity contribution >= 4 is 13.0 Å². The van der Waals surface area contributed by atoms with Crippen LogP contribution in [0.5, 0.6) is 0 Å². The summed E-state index contributed by atoms with van der Waals surface area (Å²) in [7, 11) is -1.41.